The van der Waals surface area contributed by atoms with Crippen LogP contribution < -0.4 is 10.1 Å². The Hall–Kier alpha value is -3.48. The van der Waals surface area contributed by atoms with E-state index in [4.69, 9.17) is 4.74 Å². The summed E-state index contributed by atoms with van der Waals surface area (Å²) in [5, 5.41) is 13.4. The van der Waals surface area contributed by atoms with Gasteiger partial charge in [0.05, 0.1) is 10.5 Å². The van der Waals surface area contributed by atoms with Crippen molar-refractivity contribution in [3.05, 3.63) is 75.8 Å². The second kappa shape index (κ2) is 8.39. The van der Waals surface area contributed by atoms with Crippen molar-refractivity contribution in [1.29, 1.82) is 0 Å². The number of benzene rings is 2. The van der Waals surface area contributed by atoms with Crippen LogP contribution >= 0.6 is 0 Å². The monoisotopic (exact) mass is 340 g/mol. The normalized spacial score (nSPS) is 10.4. The number of ether oxygens (including phenoxy) is 1. The first-order valence-electron chi connectivity index (χ1n) is 7.40. The number of rotatable bonds is 7. The summed E-state index contributed by atoms with van der Waals surface area (Å²) in [4.78, 5) is 33.7. The summed E-state index contributed by atoms with van der Waals surface area (Å²) in [5.41, 5.74) is 0.693. The van der Waals surface area contributed by atoms with Gasteiger partial charge in [-0.2, -0.15) is 0 Å². The third-order valence-electron chi connectivity index (χ3n) is 3.34. The maximum atomic E-state index is 12.2. The van der Waals surface area contributed by atoms with Crippen LogP contribution in [0.2, 0.25) is 0 Å². The van der Waals surface area contributed by atoms with E-state index in [1.54, 1.807) is 42.5 Å². The first-order valence-corrected chi connectivity index (χ1v) is 7.40. The molecule has 2 aromatic rings. The van der Waals surface area contributed by atoms with E-state index in [0.717, 1.165) is 0 Å². The number of ketones is 1. The van der Waals surface area contributed by atoms with Crippen molar-refractivity contribution >= 4 is 23.5 Å². The van der Waals surface area contributed by atoms with E-state index in [1.807, 2.05) is 0 Å². The number of nitrogens with one attached hydrogen (secondary N) is 1. The molecular formula is C18H16N2O5. The molecule has 1 N–H and O–H groups in total. The molecule has 128 valence electrons. The maximum Gasteiger partial charge on any atom is 0.276 e. The molecule has 7 heteroatoms. The van der Waals surface area contributed by atoms with Crippen LogP contribution in [0, 0.1) is 10.1 Å². The fraction of sp³-hybridized carbons (Fsp3) is 0.111. The number of carbonyl (C=O) groups excluding carboxylic acids is 2. The highest BCUT2D eigenvalue weighted by molar-refractivity contribution is 6.07. The molecule has 0 heterocycles. The number of nitro groups is 1. The van der Waals surface area contributed by atoms with Gasteiger partial charge in [-0.25, -0.2) is 0 Å². The molecule has 0 radical (unpaired) electrons. The van der Waals surface area contributed by atoms with Gasteiger partial charge in [0.25, 0.3) is 11.6 Å². The number of para-hydroxylation sites is 1. The summed E-state index contributed by atoms with van der Waals surface area (Å²) in [7, 11) is 1.51. The van der Waals surface area contributed by atoms with E-state index < -0.39 is 4.92 Å². The van der Waals surface area contributed by atoms with Crippen LogP contribution in [-0.4, -0.2) is 30.3 Å². The van der Waals surface area contributed by atoms with Gasteiger partial charge in [-0.3, -0.25) is 19.7 Å². The summed E-state index contributed by atoms with van der Waals surface area (Å²) < 4.78 is 5.25. The molecule has 2 aromatic carbocycles. The fourth-order valence-electron chi connectivity index (χ4n) is 1.99. The zero-order valence-electron chi connectivity index (χ0n) is 13.5. The largest absolute Gasteiger partial charge is 0.484 e. The lowest BCUT2D eigenvalue weighted by molar-refractivity contribution is -0.385. The molecule has 2 rings (SSSR count). The molecule has 0 spiro atoms. The van der Waals surface area contributed by atoms with Gasteiger partial charge in [-0.05, 0) is 42.5 Å². The van der Waals surface area contributed by atoms with Crippen molar-refractivity contribution in [2.45, 2.75) is 0 Å². The standard InChI is InChI=1S/C18H16N2O5/c1-19-18(22)12-25-15-9-6-14(7-10-15)17(21)11-8-13-4-2-3-5-16(13)20(23)24/h2-11H,12H2,1H3,(H,19,22)/b11-8+. The second-order valence-corrected chi connectivity index (χ2v) is 5.00. The van der Waals surface area contributed by atoms with Crippen molar-refractivity contribution in [3.8, 4) is 5.75 Å². The van der Waals surface area contributed by atoms with Gasteiger partial charge < -0.3 is 10.1 Å². The first kappa shape index (κ1) is 17.9. The Morgan fingerprint density at radius 2 is 1.84 bits per heavy atom. The van der Waals surface area contributed by atoms with E-state index in [2.05, 4.69) is 5.32 Å². The topological polar surface area (TPSA) is 98.5 Å². The predicted octanol–water partition coefficient (Wildman–Crippen LogP) is 2.62. The van der Waals surface area contributed by atoms with E-state index in [-0.39, 0.29) is 24.0 Å². The molecule has 25 heavy (non-hydrogen) atoms. The summed E-state index contributed by atoms with van der Waals surface area (Å²) in [5.74, 6) is -0.0913. The lowest BCUT2D eigenvalue weighted by atomic mass is 10.1. The van der Waals surface area contributed by atoms with Crippen LogP contribution in [0.1, 0.15) is 15.9 Å². The van der Waals surface area contributed by atoms with E-state index in [0.29, 0.717) is 16.9 Å². The number of nitro benzene ring substituents is 1. The Bertz CT molecular complexity index is 812. The maximum absolute atomic E-state index is 12.2. The Balaban J connectivity index is 2.06. The van der Waals surface area contributed by atoms with Crippen LogP contribution in [0.25, 0.3) is 6.08 Å². The Labute approximate surface area is 144 Å². The highest BCUT2D eigenvalue weighted by atomic mass is 16.6. The van der Waals surface area contributed by atoms with Gasteiger partial charge in [0.1, 0.15) is 5.75 Å². The Morgan fingerprint density at radius 3 is 2.48 bits per heavy atom. The SMILES string of the molecule is CNC(=O)COc1ccc(C(=O)/C=C/c2ccccc2[N+](=O)[O-])cc1. The number of carbonyl (C=O) groups is 2. The molecule has 0 aromatic heterocycles. The zero-order valence-corrected chi connectivity index (χ0v) is 13.5. The number of hydrogen-bond acceptors (Lipinski definition) is 5. The van der Waals surface area contributed by atoms with Crippen molar-refractivity contribution in [1.82, 2.24) is 5.32 Å². The van der Waals surface area contributed by atoms with Crippen LogP contribution in [0.5, 0.6) is 5.75 Å². The summed E-state index contributed by atoms with van der Waals surface area (Å²) in [6, 6.07) is 12.4. The number of hydrogen-bond donors (Lipinski definition) is 1. The molecular weight excluding hydrogens is 324 g/mol. The molecule has 0 aliphatic carbocycles. The fourth-order valence-corrected chi connectivity index (χ4v) is 1.99. The van der Waals surface area contributed by atoms with Crippen molar-refractivity contribution < 1.29 is 19.2 Å². The molecule has 0 saturated heterocycles. The Morgan fingerprint density at radius 1 is 1.16 bits per heavy atom. The first-order chi connectivity index (χ1) is 12.0. The van der Waals surface area contributed by atoms with E-state index in [9.17, 15) is 19.7 Å². The van der Waals surface area contributed by atoms with Gasteiger partial charge >= 0.3 is 0 Å². The molecule has 7 nitrogen and oxygen atoms in total. The summed E-state index contributed by atoms with van der Waals surface area (Å²) in [6.45, 7) is -0.110. The quantitative estimate of drug-likeness (QED) is 0.361. The van der Waals surface area contributed by atoms with Crippen LogP contribution in [0.15, 0.2) is 54.6 Å². The summed E-state index contributed by atoms with van der Waals surface area (Å²) >= 11 is 0. The molecule has 0 aliphatic rings. The van der Waals surface area contributed by atoms with Gasteiger partial charge in [0.2, 0.25) is 0 Å². The second-order valence-electron chi connectivity index (χ2n) is 5.00. The number of amides is 1. The minimum Gasteiger partial charge on any atom is -0.484 e. The van der Waals surface area contributed by atoms with Crippen molar-refractivity contribution in [2.24, 2.45) is 0 Å². The van der Waals surface area contributed by atoms with Crippen LogP contribution in [0.3, 0.4) is 0 Å². The van der Waals surface area contributed by atoms with Gasteiger partial charge in [-0.15, -0.1) is 0 Å². The third-order valence-corrected chi connectivity index (χ3v) is 3.34. The zero-order chi connectivity index (χ0) is 18.2. The summed E-state index contributed by atoms with van der Waals surface area (Å²) in [6.07, 6.45) is 2.69. The van der Waals surface area contributed by atoms with Crippen LogP contribution in [0.4, 0.5) is 5.69 Å². The highest BCUT2D eigenvalue weighted by Gasteiger charge is 2.10. The molecule has 0 saturated carbocycles. The lowest BCUT2D eigenvalue weighted by Gasteiger charge is -2.05. The average molecular weight is 340 g/mol. The minimum absolute atomic E-state index is 0.0653. The van der Waals surface area contributed by atoms with Crippen LogP contribution in [-0.2, 0) is 4.79 Å². The van der Waals surface area contributed by atoms with Gasteiger partial charge in [0, 0.05) is 18.7 Å². The minimum atomic E-state index is -0.497. The Kier molecular flexibility index (Phi) is 6.00. The highest BCUT2D eigenvalue weighted by Crippen LogP contribution is 2.19. The molecule has 0 atom stereocenters. The number of likely N-dealkylation sites (N-methyl/N-ethyl adjacent to an activating group) is 1. The van der Waals surface area contributed by atoms with E-state index >= 15 is 0 Å². The van der Waals surface area contributed by atoms with E-state index in [1.165, 1.54) is 25.3 Å². The molecule has 1 amide bonds. The molecule has 0 bridgehead atoms. The predicted molar refractivity (Wildman–Crippen MR) is 92.5 cm³/mol. The van der Waals surface area contributed by atoms with Gasteiger partial charge in [0.15, 0.2) is 12.4 Å². The molecule has 0 unspecified atom stereocenters. The van der Waals surface area contributed by atoms with Gasteiger partial charge in [-0.1, -0.05) is 12.1 Å². The van der Waals surface area contributed by atoms with Crippen molar-refractivity contribution in [3.63, 3.8) is 0 Å². The smallest absolute Gasteiger partial charge is 0.276 e. The third kappa shape index (κ3) is 5.00. The van der Waals surface area contributed by atoms with Crippen molar-refractivity contribution in [2.75, 3.05) is 13.7 Å². The number of nitrogens with zero attached hydrogens (tertiary/aromatic N) is 1. The molecule has 0 aliphatic heterocycles. The number of allylic oxidation sites excluding steroid dienone is 1. The lowest BCUT2D eigenvalue weighted by Crippen LogP contribution is -2.24. The average Bonchev–Trinajstić information content (AvgIpc) is 2.64. The molecule has 0 fully saturated rings.